The summed E-state index contributed by atoms with van der Waals surface area (Å²) in [6.07, 6.45) is 1.94. The Kier molecular flexibility index (Phi) is 5.58. The topological polar surface area (TPSA) is 72.2 Å². The van der Waals surface area contributed by atoms with Crippen LogP contribution in [0.2, 0.25) is 5.02 Å². The molecule has 0 saturated heterocycles. The highest BCUT2D eigenvalue weighted by atomic mass is 79.9. The summed E-state index contributed by atoms with van der Waals surface area (Å²) in [4.78, 5) is 4.41. The molecule has 0 fully saturated rings. The van der Waals surface area contributed by atoms with Crippen LogP contribution in [0.3, 0.4) is 0 Å². The van der Waals surface area contributed by atoms with Gasteiger partial charge in [-0.3, -0.25) is 0 Å². The zero-order valence-electron chi connectivity index (χ0n) is 12.9. The molecule has 0 spiro atoms. The van der Waals surface area contributed by atoms with Crippen LogP contribution >= 0.6 is 27.5 Å². The van der Waals surface area contributed by atoms with Gasteiger partial charge in [-0.15, -0.1) is 0 Å². The number of sulfonamides is 1. The van der Waals surface area contributed by atoms with Crippen molar-refractivity contribution in [1.82, 2.24) is 9.71 Å². The van der Waals surface area contributed by atoms with E-state index in [9.17, 15) is 8.42 Å². The monoisotopic (exact) mass is 440 g/mol. The second-order valence-electron chi connectivity index (χ2n) is 5.23. The van der Waals surface area contributed by atoms with Crippen LogP contribution in [0.15, 0.2) is 68.6 Å². The quantitative estimate of drug-likeness (QED) is 0.620. The van der Waals surface area contributed by atoms with E-state index in [-0.39, 0.29) is 16.5 Å². The van der Waals surface area contributed by atoms with Crippen molar-refractivity contribution >= 4 is 37.6 Å². The van der Waals surface area contributed by atoms with Gasteiger partial charge in [0, 0.05) is 23.0 Å². The molecule has 0 saturated carbocycles. The number of benzene rings is 2. The Hall–Kier alpha value is -1.67. The van der Waals surface area contributed by atoms with Crippen LogP contribution in [0.25, 0.3) is 11.5 Å². The Balaban J connectivity index is 1.64. The number of nitrogens with one attached hydrogen (secondary N) is 1. The van der Waals surface area contributed by atoms with E-state index in [1.807, 2.05) is 30.3 Å². The van der Waals surface area contributed by atoms with E-state index < -0.39 is 10.0 Å². The first-order valence-electron chi connectivity index (χ1n) is 7.40. The molecular weight excluding hydrogens is 428 g/mol. The summed E-state index contributed by atoms with van der Waals surface area (Å²) < 4.78 is 33.3. The third-order valence-corrected chi connectivity index (χ3v) is 5.87. The Labute approximate surface area is 159 Å². The van der Waals surface area contributed by atoms with Crippen LogP contribution in [-0.4, -0.2) is 19.9 Å². The lowest BCUT2D eigenvalue weighted by molar-refractivity contribution is 0.570. The second-order valence-corrected chi connectivity index (χ2v) is 8.29. The van der Waals surface area contributed by atoms with Crippen LogP contribution in [-0.2, 0) is 16.4 Å². The van der Waals surface area contributed by atoms with E-state index in [1.165, 1.54) is 12.3 Å². The Morgan fingerprint density at radius 2 is 1.92 bits per heavy atom. The third kappa shape index (κ3) is 4.49. The highest BCUT2D eigenvalue weighted by Crippen LogP contribution is 2.25. The Morgan fingerprint density at radius 1 is 1.16 bits per heavy atom. The van der Waals surface area contributed by atoms with E-state index in [0.29, 0.717) is 22.5 Å². The third-order valence-electron chi connectivity index (χ3n) is 3.43. The fourth-order valence-corrected chi connectivity index (χ4v) is 4.29. The number of aromatic nitrogens is 1. The Morgan fingerprint density at radius 3 is 2.64 bits per heavy atom. The number of halogens is 2. The lowest BCUT2D eigenvalue weighted by atomic mass is 10.2. The molecule has 1 N–H and O–H groups in total. The minimum Gasteiger partial charge on any atom is -0.444 e. The number of hydrogen-bond donors (Lipinski definition) is 1. The zero-order chi connectivity index (χ0) is 17.9. The molecule has 0 aliphatic rings. The molecule has 3 rings (SSSR count). The smallest absolute Gasteiger partial charge is 0.242 e. The maximum Gasteiger partial charge on any atom is 0.242 e. The molecule has 0 aliphatic carbocycles. The Bertz CT molecular complexity index is 975. The number of oxazole rings is 1. The molecule has 0 bridgehead atoms. The molecule has 0 radical (unpaired) electrons. The lowest BCUT2D eigenvalue weighted by Crippen LogP contribution is -2.26. The summed E-state index contributed by atoms with van der Waals surface area (Å²) >= 11 is 9.25. The molecule has 130 valence electrons. The van der Waals surface area contributed by atoms with Gasteiger partial charge in [0.15, 0.2) is 0 Å². The molecular formula is C17H14BrClN2O3S. The van der Waals surface area contributed by atoms with Crippen molar-refractivity contribution in [3.8, 4) is 11.5 Å². The van der Waals surface area contributed by atoms with Crippen LogP contribution in [0.5, 0.6) is 0 Å². The van der Waals surface area contributed by atoms with Crippen molar-refractivity contribution in [1.29, 1.82) is 0 Å². The van der Waals surface area contributed by atoms with Crippen LogP contribution in [0, 0.1) is 0 Å². The molecule has 8 heteroatoms. The molecule has 0 unspecified atom stereocenters. The highest BCUT2D eigenvalue weighted by Gasteiger charge is 2.18. The van der Waals surface area contributed by atoms with Gasteiger partial charge in [0.1, 0.15) is 11.2 Å². The fraction of sp³-hybridized carbons (Fsp3) is 0.118. The van der Waals surface area contributed by atoms with Crippen LogP contribution in [0.1, 0.15) is 5.69 Å². The molecule has 1 heterocycles. The van der Waals surface area contributed by atoms with E-state index in [0.717, 1.165) is 5.56 Å². The summed E-state index contributed by atoms with van der Waals surface area (Å²) in [7, 11) is -3.68. The van der Waals surface area contributed by atoms with Gasteiger partial charge in [0.2, 0.25) is 15.9 Å². The zero-order valence-corrected chi connectivity index (χ0v) is 16.1. The fourth-order valence-electron chi connectivity index (χ4n) is 2.22. The van der Waals surface area contributed by atoms with Gasteiger partial charge in [-0.25, -0.2) is 18.1 Å². The van der Waals surface area contributed by atoms with Gasteiger partial charge in [0.05, 0.1) is 10.7 Å². The SMILES string of the molecule is O=S(=O)(NCCc1coc(-c2ccccc2)n1)c1ccc(Br)cc1Cl. The van der Waals surface area contributed by atoms with Gasteiger partial charge < -0.3 is 4.42 Å². The second kappa shape index (κ2) is 7.70. The van der Waals surface area contributed by atoms with E-state index >= 15 is 0 Å². The minimum absolute atomic E-state index is 0.0440. The molecule has 3 aromatic rings. The van der Waals surface area contributed by atoms with Crippen LogP contribution < -0.4 is 4.72 Å². The van der Waals surface area contributed by atoms with E-state index in [1.54, 1.807) is 12.1 Å². The summed E-state index contributed by atoms with van der Waals surface area (Å²) in [6.45, 7) is 0.190. The van der Waals surface area contributed by atoms with E-state index in [2.05, 4.69) is 25.6 Å². The summed E-state index contributed by atoms with van der Waals surface area (Å²) in [5.74, 6) is 0.509. The summed E-state index contributed by atoms with van der Waals surface area (Å²) in [6, 6.07) is 14.1. The molecule has 0 aliphatic heterocycles. The summed E-state index contributed by atoms with van der Waals surface area (Å²) in [5.41, 5.74) is 1.54. The van der Waals surface area contributed by atoms with Crippen molar-refractivity contribution in [3.63, 3.8) is 0 Å². The molecule has 0 atom stereocenters. The van der Waals surface area contributed by atoms with Crippen molar-refractivity contribution in [3.05, 3.63) is 70.0 Å². The predicted octanol–water partition coefficient (Wildman–Crippen LogP) is 4.28. The van der Waals surface area contributed by atoms with Gasteiger partial charge in [-0.05, 0) is 30.3 Å². The highest BCUT2D eigenvalue weighted by molar-refractivity contribution is 9.10. The molecule has 2 aromatic carbocycles. The van der Waals surface area contributed by atoms with Gasteiger partial charge in [0.25, 0.3) is 0 Å². The normalized spacial score (nSPS) is 11.6. The molecule has 1 aromatic heterocycles. The number of hydrogen-bond acceptors (Lipinski definition) is 4. The first kappa shape index (κ1) is 18.1. The number of nitrogens with zero attached hydrogens (tertiary/aromatic N) is 1. The van der Waals surface area contributed by atoms with Gasteiger partial charge >= 0.3 is 0 Å². The molecule has 25 heavy (non-hydrogen) atoms. The first-order chi connectivity index (χ1) is 12.0. The summed E-state index contributed by atoms with van der Waals surface area (Å²) in [5, 5.41) is 0.162. The average Bonchev–Trinajstić information content (AvgIpc) is 3.04. The van der Waals surface area contributed by atoms with Gasteiger partial charge in [-0.1, -0.05) is 45.7 Å². The van der Waals surface area contributed by atoms with Crippen molar-refractivity contribution in [2.45, 2.75) is 11.3 Å². The minimum atomic E-state index is -3.68. The van der Waals surface area contributed by atoms with Crippen molar-refractivity contribution in [2.75, 3.05) is 6.54 Å². The number of rotatable bonds is 6. The maximum atomic E-state index is 12.3. The standard InChI is InChI=1S/C17H14BrClN2O3S/c18-13-6-7-16(15(19)10-13)25(22,23)20-9-8-14-11-24-17(21-14)12-4-2-1-3-5-12/h1-7,10-11,20H,8-9H2. The van der Waals surface area contributed by atoms with Crippen molar-refractivity contribution < 1.29 is 12.8 Å². The largest absolute Gasteiger partial charge is 0.444 e. The maximum absolute atomic E-state index is 12.3. The first-order valence-corrected chi connectivity index (χ1v) is 10.1. The average molecular weight is 442 g/mol. The predicted molar refractivity (Wildman–Crippen MR) is 100.0 cm³/mol. The van der Waals surface area contributed by atoms with E-state index in [4.69, 9.17) is 16.0 Å². The molecule has 5 nitrogen and oxygen atoms in total. The van der Waals surface area contributed by atoms with Crippen LogP contribution in [0.4, 0.5) is 0 Å². The lowest BCUT2D eigenvalue weighted by Gasteiger charge is -2.07. The van der Waals surface area contributed by atoms with Gasteiger partial charge in [-0.2, -0.15) is 0 Å². The molecule has 0 amide bonds. The van der Waals surface area contributed by atoms with Crippen molar-refractivity contribution in [2.24, 2.45) is 0 Å².